The van der Waals surface area contributed by atoms with Crippen molar-refractivity contribution in [1.29, 1.82) is 0 Å². The van der Waals surface area contributed by atoms with Crippen molar-refractivity contribution in [2.24, 2.45) is 0 Å². The highest BCUT2D eigenvalue weighted by Crippen LogP contribution is 2.63. The molecule has 13 heteroatoms. The number of nitrogens with one attached hydrogen (secondary N) is 2. The number of methoxy groups -OCH3 is 2. The highest BCUT2D eigenvalue weighted by molar-refractivity contribution is 7.98. The van der Waals surface area contributed by atoms with Gasteiger partial charge in [0.25, 0.3) is 0 Å². The maximum atomic E-state index is 13.4. The van der Waals surface area contributed by atoms with Crippen LogP contribution < -0.4 is 24.3 Å². The molecule has 3 aromatic carbocycles. The number of carbonyl (C=O) groups excluding carboxylic acids is 1. The topological polar surface area (TPSA) is 138 Å². The summed E-state index contributed by atoms with van der Waals surface area (Å²) in [6, 6.07) is 7.30. The molecule has 6 aliphatic rings. The zero-order chi connectivity index (χ0) is 35.3. The number of aromatic hydroxyl groups is 2. The van der Waals surface area contributed by atoms with Gasteiger partial charge in [-0.15, -0.1) is 11.8 Å². The molecule has 0 aliphatic carbocycles. The van der Waals surface area contributed by atoms with Crippen molar-refractivity contribution in [2.75, 3.05) is 47.8 Å². The largest absolute Gasteiger partial charge is 0.507 e. The highest BCUT2D eigenvalue weighted by Gasteiger charge is 2.56. The molecule has 7 heterocycles. The number of H-pyrrole nitrogens is 1. The number of fused-ring (bicyclic) bond motifs is 12. The summed E-state index contributed by atoms with van der Waals surface area (Å²) >= 11 is 1.76. The van der Waals surface area contributed by atoms with E-state index in [4.69, 9.17) is 23.7 Å². The van der Waals surface area contributed by atoms with E-state index in [-0.39, 0.29) is 48.3 Å². The monoisotopic (exact) mass is 714 g/mol. The number of piperazine rings is 1. The third-order valence-electron chi connectivity index (χ3n) is 11.7. The Labute approximate surface area is 299 Å². The van der Waals surface area contributed by atoms with Crippen molar-refractivity contribution >= 4 is 28.8 Å². The number of hydrogen-bond donors (Lipinski definition) is 4. The molecule has 1 unspecified atom stereocenters. The summed E-state index contributed by atoms with van der Waals surface area (Å²) < 4.78 is 29.5. The molecule has 1 fully saturated rings. The van der Waals surface area contributed by atoms with E-state index in [9.17, 15) is 15.0 Å². The zero-order valence-electron chi connectivity index (χ0n) is 29.3. The Kier molecular flexibility index (Phi) is 7.67. The van der Waals surface area contributed by atoms with Crippen LogP contribution in [-0.2, 0) is 23.3 Å². The normalized spacial score (nSPS) is 25.6. The van der Waals surface area contributed by atoms with Crippen molar-refractivity contribution in [3.8, 4) is 34.5 Å². The minimum absolute atomic E-state index is 0.0393. The minimum atomic E-state index is -0.511. The van der Waals surface area contributed by atoms with E-state index in [0.29, 0.717) is 48.1 Å². The first kappa shape index (κ1) is 32.4. The lowest BCUT2D eigenvalue weighted by atomic mass is 9.73. The number of carbonyl (C=O) groups is 1. The predicted molar refractivity (Wildman–Crippen MR) is 192 cm³/mol. The standard InChI is InChI=1S/C38H42N4O8S/c1-17-10-19-11-20-13-42-26-14-48-38(45)39-9-8-22-23-12-21(46-4)6-7-24(23)40-25(22)15-51-37(29-28(26)36-35(49-16-50-36)18(2)32(29)43)31(42)30(41(20)3)27(19)33(44)34(17)47-5/h6-7,10,12,20,26,30-31,37,40,43-44H,8-9,11,13-16H2,1-5H3,(H,39,45)/t20-,26-,30+,31?,37+/m0/s1. The Balaban J connectivity index is 1.28. The lowest BCUT2D eigenvalue weighted by Crippen LogP contribution is -2.64. The van der Waals surface area contributed by atoms with Gasteiger partial charge in [-0.05, 0) is 68.6 Å². The molecule has 10 rings (SSSR count). The van der Waals surface area contributed by atoms with Crippen LogP contribution in [0, 0.1) is 13.8 Å². The van der Waals surface area contributed by atoms with E-state index in [1.807, 2.05) is 32.0 Å². The summed E-state index contributed by atoms with van der Waals surface area (Å²) in [5, 5.41) is 27.9. The van der Waals surface area contributed by atoms with Gasteiger partial charge in [0, 0.05) is 69.8 Å². The van der Waals surface area contributed by atoms with Crippen LogP contribution in [0.4, 0.5) is 4.79 Å². The van der Waals surface area contributed by atoms with E-state index >= 15 is 0 Å². The van der Waals surface area contributed by atoms with Gasteiger partial charge in [0.1, 0.15) is 18.1 Å². The predicted octanol–water partition coefficient (Wildman–Crippen LogP) is 5.54. The van der Waals surface area contributed by atoms with Crippen LogP contribution >= 0.6 is 11.8 Å². The summed E-state index contributed by atoms with van der Waals surface area (Å²) in [5.41, 5.74) is 8.11. The number of phenols is 2. The fourth-order valence-corrected chi connectivity index (χ4v) is 10.9. The molecule has 1 aromatic heterocycles. The summed E-state index contributed by atoms with van der Waals surface area (Å²) in [6.07, 6.45) is 0.819. The van der Waals surface area contributed by atoms with Gasteiger partial charge >= 0.3 is 6.09 Å². The molecule has 6 aliphatic heterocycles. The van der Waals surface area contributed by atoms with E-state index in [0.717, 1.165) is 62.1 Å². The quantitative estimate of drug-likeness (QED) is 0.209. The highest BCUT2D eigenvalue weighted by atomic mass is 32.2. The Bertz CT molecular complexity index is 2100. The van der Waals surface area contributed by atoms with E-state index in [2.05, 4.69) is 33.2 Å². The molecule has 12 nitrogen and oxygen atoms in total. The van der Waals surface area contributed by atoms with Gasteiger partial charge in [-0.25, -0.2) is 4.79 Å². The number of nitrogens with zero attached hydrogens (tertiary/aromatic N) is 2. The van der Waals surface area contributed by atoms with Crippen molar-refractivity contribution < 1.29 is 38.7 Å². The average molecular weight is 715 g/mol. The Morgan fingerprint density at radius 3 is 2.63 bits per heavy atom. The van der Waals surface area contributed by atoms with E-state index in [1.54, 1.807) is 26.0 Å². The van der Waals surface area contributed by atoms with Crippen LogP contribution in [0.1, 0.15) is 62.0 Å². The van der Waals surface area contributed by atoms with Gasteiger partial charge in [0.2, 0.25) is 6.79 Å². The summed E-state index contributed by atoms with van der Waals surface area (Å²) in [4.78, 5) is 21.9. The fraction of sp³-hybridized carbons (Fsp3) is 0.447. The summed E-state index contributed by atoms with van der Waals surface area (Å²) in [5.74, 6) is 3.24. The number of phenolic OH excluding ortho intramolecular Hbond substituents is 2. The number of aromatic nitrogens is 1. The first-order valence-electron chi connectivity index (χ1n) is 17.4. The number of benzene rings is 3. The average Bonchev–Trinajstić information content (AvgIpc) is 3.74. The first-order valence-corrected chi connectivity index (χ1v) is 18.5. The molecular weight excluding hydrogens is 673 g/mol. The van der Waals surface area contributed by atoms with Crippen LogP contribution in [0.5, 0.6) is 34.5 Å². The SMILES string of the molecule is COc1ccc2[nH]c3c(c2c1)CCNC(=O)OC[C@H]1c2c4c(c(C)c(O)c2[C@@H](SC3)C2[C@H]3c5c(cc(C)c(OC)c5O)C[C@@H](CN21)N3C)OCO4. The van der Waals surface area contributed by atoms with Gasteiger partial charge in [0.15, 0.2) is 23.0 Å². The molecule has 0 saturated carbocycles. The zero-order valence-corrected chi connectivity index (χ0v) is 30.1. The molecule has 0 spiro atoms. The van der Waals surface area contributed by atoms with Crippen LogP contribution in [0.2, 0.25) is 0 Å². The van der Waals surface area contributed by atoms with Crippen molar-refractivity contribution in [3.05, 3.63) is 68.9 Å². The molecule has 1 amide bonds. The van der Waals surface area contributed by atoms with E-state index < -0.39 is 12.1 Å². The third kappa shape index (κ3) is 4.77. The Hall–Kier alpha value is -4.46. The number of thioether (sulfide) groups is 1. The van der Waals surface area contributed by atoms with Crippen LogP contribution in [0.3, 0.4) is 0 Å². The number of aryl methyl sites for hydroxylation is 1. The molecule has 4 aromatic rings. The second kappa shape index (κ2) is 12.1. The van der Waals surface area contributed by atoms with Gasteiger partial charge in [0.05, 0.1) is 31.6 Å². The number of hydrogen-bond acceptors (Lipinski definition) is 11. The van der Waals surface area contributed by atoms with E-state index in [1.165, 1.54) is 0 Å². The van der Waals surface area contributed by atoms with Crippen molar-refractivity contribution in [3.63, 3.8) is 0 Å². The minimum Gasteiger partial charge on any atom is -0.507 e. The molecule has 4 N–H and O–H groups in total. The Morgan fingerprint density at radius 1 is 1.00 bits per heavy atom. The molecule has 5 atom stereocenters. The summed E-state index contributed by atoms with van der Waals surface area (Å²) in [7, 11) is 5.37. The fourth-order valence-electron chi connectivity index (χ4n) is 9.40. The Morgan fingerprint density at radius 2 is 1.82 bits per heavy atom. The van der Waals surface area contributed by atoms with Crippen LogP contribution in [0.25, 0.3) is 10.9 Å². The van der Waals surface area contributed by atoms with Gasteiger partial charge in [-0.3, -0.25) is 9.80 Å². The van der Waals surface area contributed by atoms with Gasteiger partial charge in [-0.2, -0.15) is 0 Å². The first-order chi connectivity index (χ1) is 24.7. The van der Waals surface area contributed by atoms with Gasteiger partial charge < -0.3 is 44.2 Å². The third-order valence-corrected chi connectivity index (χ3v) is 13.0. The second-order valence-corrected chi connectivity index (χ2v) is 15.3. The maximum Gasteiger partial charge on any atom is 0.407 e. The van der Waals surface area contributed by atoms with Crippen LogP contribution in [-0.4, -0.2) is 90.9 Å². The number of alkyl carbamates (subject to hydrolysis) is 1. The summed E-state index contributed by atoms with van der Waals surface area (Å²) in [6.45, 7) is 4.98. The molecule has 51 heavy (non-hydrogen) atoms. The number of likely N-dealkylation sites (N-methyl/N-ethyl adjacent to an activating group) is 1. The lowest BCUT2D eigenvalue weighted by Gasteiger charge is -2.59. The van der Waals surface area contributed by atoms with Crippen LogP contribution in [0.15, 0.2) is 24.3 Å². The number of aromatic amines is 1. The number of rotatable bonds is 2. The number of ether oxygens (including phenoxy) is 5. The molecule has 1 saturated heterocycles. The maximum absolute atomic E-state index is 13.4. The second-order valence-electron chi connectivity index (χ2n) is 14.2. The molecular formula is C38H42N4O8S. The molecule has 0 radical (unpaired) electrons. The lowest BCUT2D eigenvalue weighted by molar-refractivity contribution is -0.0617. The smallest absolute Gasteiger partial charge is 0.407 e. The molecule has 268 valence electrons. The van der Waals surface area contributed by atoms with Crippen molar-refractivity contribution in [2.45, 2.75) is 61.9 Å². The van der Waals surface area contributed by atoms with Crippen molar-refractivity contribution in [1.82, 2.24) is 20.1 Å². The van der Waals surface area contributed by atoms with Gasteiger partial charge in [-0.1, -0.05) is 6.07 Å². The number of amides is 1. The molecule has 4 bridgehead atoms.